The van der Waals surface area contributed by atoms with Crippen molar-refractivity contribution in [2.75, 3.05) is 6.54 Å². The molecule has 0 radical (unpaired) electrons. The molecule has 1 heterocycles. The Labute approximate surface area is 123 Å². The number of hydrogen-bond acceptors (Lipinski definition) is 2. The van der Waals surface area contributed by atoms with Gasteiger partial charge in [-0.3, -0.25) is 4.68 Å². The van der Waals surface area contributed by atoms with Crippen molar-refractivity contribution in [3.05, 3.63) is 52.6 Å². The topological polar surface area (TPSA) is 29.9 Å². The molecule has 0 aliphatic carbocycles. The van der Waals surface area contributed by atoms with Crippen LogP contribution < -0.4 is 5.32 Å². The number of aromatic nitrogens is 2. The molecule has 2 aromatic rings. The second kappa shape index (κ2) is 6.86. The van der Waals surface area contributed by atoms with E-state index >= 15 is 0 Å². The minimum Gasteiger partial charge on any atom is -0.308 e. The van der Waals surface area contributed by atoms with Crippen molar-refractivity contribution in [2.24, 2.45) is 7.05 Å². The SMILES string of the molecule is CCCNC(Cc1ccc(F)cc1Cl)c1ccnn1C. The first-order valence-corrected chi connectivity index (χ1v) is 7.14. The van der Waals surface area contributed by atoms with E-state index in [1.807, 2.05) is 17.8 Å². The number of nitrogens with one attached hydrogen (secondary N) is 1. The van der Waals surface area contributed by atoms with Gasteiger partial charge in [-0.05, 0) is 43.1 Å². The van der Waals surface area contributed by atoms with Gasteiger partial charge in [0.1, 0.15) is 5.82 Å². The lowest BCUT2D eigenvalue weighted by Gasteiger charge is -2.19. The highest BCUT2D eigenvalue weighted by Gasteiger charge is 2.16. The molecule has 0 saturated heterocycles. The zero-order valence-corrected chi connectivity index (χ0v) is 12.5. The molecule has 5 heteroatoms. The molecule has 0 saturated carbocycles. The smallest absolute Gasteiger partial charge is 0.124 e. The quantitative estimate of drug-likeness (QED) is 0.884. The molecule has 1 aromatic carbocycles. The summed E-state index contributed by atoms with van der Waals surface area (Å²) >= 11 is 6.12. The highest BCUT2D eigenvalue weighted by molar-refractivity contribution is 6.31. The second-order valence-corrected chi connectivity index (χ2v) is 5.23. The predicted molar refractivity (Wildman–Crippen MR) is 79.4 cm³/mol. The van der Waals surface area contributed by atoms with Crippen LogP contribution in [0.1, 0.15) is 30.6 Å². The molecule has 1 N–H and O–H groups in total. The summed E-state index contributed by atoms with van der Waals surface area (Å²) in [7, 11) is 1.92. The average molecular weight is 296 g/mol. The van der Waals surface area contributed by atoms with Crippen LogP contribution in [0.5, 0.6) is 0 Å². The normalized spacial score (nSPS) is 12.6. The number of nitrogens with zero attached hydrogens (tertiary/aromatic N) is 2. The van der Waals surface area contributed by atoms with Crippen molar-refractivity contribution in [2.45, 2.75) is 25.8 Å². The Kier molecular flexibility index (Phi) is 5.15. The van der Waals surface area contributed by atoms with Crippen LogP contribution in [-0.4, -0.2) is 16.3 Å². The maximum absolute atomic E-state index is 13.1. The van der Waals surface area contributed by atoms with Crippen LogP contribution >= 0.6 is 11.6 Å². The van der Waals surface area contributed by atoms with Crippen molar-refractivity contribution in [3.8, 4) is 0 Å². The fourth-order valence-electron chi connectivity index (χ4n) is 2.23. The van der Waals surface area contributed by atoms with Gasteiger partial charge in [0.25, 0.3) is 0 Å². The van der Waals surface area contributed by atoms with Crippen molar-refractivity contribution in [3.63, 3.8) is 0 Å². The summed E-state index contributed by atoms with van der Waals surface area (Å²) in [4.78, 5) is 0. The van der Waals surface area contributed by atoms with Gasteiger partial charge in [-0.1, -0.05) is 24.6 Å². The summed E-state index contributed by atoms with van der Waals surface area (Å²) < 4.78 is 15.0. The number of rotatable bonds is 6. The van der Waals surface area contributed by atoms with Gasteiger partial charge in [-0.25, -0.2) is 4.39 Å². The van der Waals surface area contributed by atoms with E-state index in [1.165, 1.54) is 12.1 Å². The third kappa shape index (κ3) is 3.58. The average Bonchev–Trinajstić information content (AvgIpc) is 2.83. The van der Waals surface area contributed by atoms with E-state index in [2.05, 4.69) is 17.3 Å². The van der Waals surface area contributed by atoms with E-state index < -0.39 is 0 Å². The van der Waals surface area contributed by atoms with Gasteiger partial charge in [0, 0.05) is 18.3 Å². The Morgan fingerprint density at radius 2 is 2.20 bits per heavy atom. The van der Waals surface area contributed by atoms with E-state index in [0.29, 0.717) is 11.4 Å². The van der Waals surface area contributed by atoms with Crippen LogP contribution in [0.25, 0.3) is 0 Å². The van der Waals surface area contributed by atoms with E-state index in [-0.39, 0.29) is 11.9 Å². The standard InChI is InChI=1S/C15H19ClFN3/c1-3-7-18-14(15-6-8-19-20(15)2)9-11-4-5-12(17)10-13(11)16/h4-6,8,10,14,18H,3,7,9H2,1-2H3. The molecule has 3 nitrogen and oxygen atoms in total. The molecular formula is C15H19ClFN3. The van der Waals surface area contributed by atoms with E-state index in [9.17, 15) is 4.39 Å². The lowest BCUT2D eigenvalue weighted by Crippen LogP contribution is -2.26. The van der Waals surface area contributed by atoms with E-state index in [4.69, 9.17) is 11.6 Å². The number of hydrogen-bond donors (Lipinski definition) is 1. The van der Waals surface area contributed by atoms with Gasteiger partial charge in [0.15, 0.2) is 0 Å². The monoisotopic (exact) mass is 295 g/mol. The van der Waals surface area contributed by atoms with Gasteiger partial charge in [-0.15, -0.1) is 0 Å². The van der Waals surface area contributed by atoms with Crippen LogP contribution in [0, 0.1) is 5.82 Å². The molecule has 0 fully saturated rings. The third-order valence-corrected chi connectivity index (χ3v) is 3.65. The highest BCUT2D eigenvalue weighted by atomic mass is 35.5. The molecule has 20 heavy (non-hydrogen) atoms. The molecule has 2 rings (SSSR count). The first kappa shape index (κ1) is 15.0. The molecule has 0 spiro atoms. The summed E-state index contributed by atoms with van der Waals surface area (Å²) in [5.41, 5.74) is 2.03. The van der Waals surface area contributed by atoms with Gasteiger partial charge in [0.05, 0.1) is 11.7 Å². The first-order chi connectivity index (χ1) is 9.61. The van der Waals surface area contributed by atoms with E-state index in [0.717, 1.165) is 24.2 Å². The van der Waals surface area contributed by atoms with Crippen LogP contribution in [0.4, 0.5) is 4.39 Å². The fourth-order valence-corrected chi connectivity index (χ4v) is 2.48. The fraction of sp³-hybridized carbons (Fsp3) is 0.400. The summed E-state index contributed by atoms with van der Waals surface area (Å²) in [5, 5.41) is 8.17. The zero-order valence-electron chi connectivity index (χ0n) is 11.7. The Morgan fingerprint density at radius 1 is 1.40 bits per heavy atom. The Balaban J connectivity index is 2.21. The number of benzene rings is 1. The lowest BCUT2D eigenvalue weighted by atomic mass is 10.0. The predicted octanol–water partition coefficient (Wildman–Crippen LogP) is 3.50. The first-order valence-electron chi connectivity index (χ1n) is 6.77. The molecule has 1 unspecified atom stereocenters. The molecule has 0 aliphatic rings. The van der Waals surface area contributed by atoms with Crippen molar-refractivity contribution >= 4 is 11.6 Å². The molecule has 1 atom stereocenters. The Morgan fingerprint density at radius 3 is 2.80 bits per heavy atom. The van der Waals surface area contributed by atoms with Crippen LogP contribution in [0.3, 0.4) is 0 Å². The molecular weight excluding hydrogens is 277 g/mol. The highest BCUT2D eigenvalue weighted by Crippen LogP contribution is 2.24. The van der Waals surface area contributed by atoms with Gasteiger partial charge >= 0.3 is 0 Å². The van der Waals surface area contributed by atoms with Gasteiger partial charge in [0.2, 0.25) is 0 Å². The number of halogens is 2. The maximum atomic E-state index is 13.1. The Hall–Kier alpha value is -1.39. The zero-order chi connectivity index (χ0) is 14.5. The molecule has 1 aromatic heterocycles. The molecule has 0 bridgehead atoms. The largest absolute Gasteiger partial charge is 0.308 e. The van der Waals surface area contributed by atoms with Crippen LogP contribution in [0.2, 0.25) is 5.02 Å². The summed E-state index contributed by atoms with van der Waals surface area (Å²) in [6.07, 6.45) is 3.53. The summed E-state index contributed by atoms with van der Waals surface area (Å²) in [5.74, 6) is -0.308. The third-order valence-electron chi connectivity index (χ3n) is 3.30. The van der Waals surface area contributed by atoms with Crippen molar-refractivity contribution in [1.82, 2.24) is 15.1 Å². The molecule has 0 amide bonds. The summed E-state index contributed by atoms with van der Waals surface area (Å²) in [6, 6.07) is 6.66. The van der Waals surface area contributed by atoms with Gasteiger partial charge < -0.3 is 5.32 Å². The van der Waals surface area contributed by atoms with Crippen LogP contribution in [0.15, 0.2) is 30.5 Å². The minimum absolute atomic E-state index is 0.116. The van der Waals surface area contributed by atoms with Crippen molar-refractivity contribution in [1.29, 1.82) is 0 Å². The maximum Gasteiger partial charge on any atom is 0.124 e. The minimum atomic E-state index is -0.308. The molecule has 0 aliphatic heterocycles. The number of aryl methyl sites for hydroxylation is 1. The second-order valence-electron chi connectivity index (χ2n) is 4.83. The lowest BCUT2D eigenvalue weighted by molar-refractivity contribution is 0.493. The van der Waals surface area contributed by atoms with Gasteiger partial charge in [-0.2, -0.15) is 5.10 Å². The Bertz CT molecular complexity index is 568. The van der Waals surface area contributed by atoms with Crippen LogP contribution in [-0.2, 0) is 13.5 Å². The van der Waals surface area contributed by atoms with E-state index in [1.54, 1.807) is 12.3 Å². The van der Waals surface area contributed by atoms with Crippen molar-refractivity contribution < 1.29 is 4.39 Å². The summed E-state index contributed by atoms with van der Waals surface area (Å²) in [6.45, 7) is 3.03. The molecule has 108 valence electrons.